The largest absolute Gasteiger partial charge is 0.494 e. The lowest BCUT2D eigenvalue weighted by Gasteiger charge is -2.19. The minimum Gasteiger partial charge on any atom is -0.494 e. The van der Waals surface area contributed by atoms with Gasteiger partial charge in [-0.05, 0) is 57.9 Å². The van der Waals surface area contributed by atoms with E-state index < -0.39 is 5.60 Å². The van der Waals surface area contributed by atoms with Gasteiger partial charge < -0.3 is 24.9 Å². The Hall–Kier alpha value is -1.74. The van der Waals surface area contributed by atoms with E-state index in [1.54, 1.807) is 25.3 Å². The normalized spacial score (nSPS) is 13.4. The molecule has 6 nitrogen and oxygen atoms in total. The summed E-state index contributed by atoms with van der Waals surface area (Å²) in [5.41, 5.74) is 0.0982. The van der Waals surface area contributed by atoms with E-state index >= 15 is 0 Å². The molecule has 156 valence electrons. The van der Waals surface area contributed by atoms with Gasteiger partial charge in [0.15, 0.2) is 5.96 Å². The predicted molar refractivity (Wildman–Crippen MR) is 124 cm³/mol. The van der Waals surface area contributed by atoms with Gasteiger partial charge in [-0.2, -0.15) is 0 Å². The van der Waals surface area contributed by atoms with Crippen molar-refractivity contribution in [1.82, 2.24) is 10.6 Å². The van der Waals surface area contributed by atoms with E-state index in [2.05, 4.69) is 22.5 Å². The first kappa shape index (κ1) is 24.3. The highest BCUT2D eigenvalue weighted by Gasteiger charge is 2.25. The molecular weight excluding hydrogens is 469 g/mol. The third-order valence-electron chi connectivity index (χ3n) is 4.09. The number of benzene rings is 1. The van der Waals surface area contributed by atoms with Gasteiger partial charge >= 0.3 is 0 Å². The minimum absolute atomic E-state index is 0. The van der Waals surface area contributed by atoms with Gasteiger partial charge in [-0.25, -0.2) is 4.99 Å². The Morgan fingerprint density at radius 2 is 1.93 bits per heavy atom. The van der Waals surface area contributed by atoms with Crippen LogP contribution in [0, 0.1) is 6.92 Å². The van der Waals surface area contributed by atoms with Crippen LogP contribution in [0.2, 0.25) is 0 Å². The molecule has 0 spiro atoms. The molecule has 0 saturated carbocycles. The van der Waals surface area contributed by atoms with Crippen LogP contribution in [-0.4, -0.2) is 37.3 Å². The highest BCUT2D eigenvalue weighted by atomic mass is 127. The van der Waals surface area contributed by atoms with Crippen molar-refractivity contribution < 1.29 is 14.3 Å². The fraction of sp³-hybridized carbons (Fsp3) is 0.476. The molecule has 0 saturated heterocycles. The number of ether oxygens (including phenoxy) is 1. The molecule has 0 aliphatic carbocycles. The van der Waals surface area contributed by atoms with Crippen molar-refractivity contribution in [3.63, 3.8) is 0 Å². The van der Waals surface area contributed by atoms with Crippen LogP contribution in [0.25, 0.3) is 0 Å². The number of aliphatic imine (C=N–C) groups is 1. The second-order valence-corrected chi connectivity index (χ2v) is 6.74. The van der Waals surface area contributed by atoms with Gasteiger partial charge in [0.05, 0.1) is 19.4 Å². The number of rotatable bonds is 10. The van der Waals surface area contributed by atoms with Gasteiger partial charge in [0.25, 0.3) is 0 Å². The molecule has 2 aromatic rings. The molecule has 28 heavy (non-hydrogen) atoms. The van der Waals surface area contributed by atoms with Crippen LogP contribution >= 0.6 is 24.0 Å². The maximum atomic E-state index is 10.5. The van der Waals surface area contributed by atoms with Crippen LogP contribution in [0.4, 0.5) is 0 Å². The zero-order valence-electron chi connectivity index (χ0n) is 16.9. The Morgan fingerprint density at radius 3 is 2.57 bits per heavy atom. The molecule has 1 aromatic heterocycles. The second-order valence-electron chi connectivity index (χ2n) is 6.74. The number of hydrogen-bond donors (Lipinski definition) is 3. The zero-order chi connectivity index (χ0) is 19.5. The first-order valence-electron chi connectivity index (χ1n) is 9.49. The highest BCUT2D eigenvalue weighted by molar-refractivity contribution is 14.0. The van der Waals surface area contributed by atoms with Crippen LogP contribution in [0.5, 0.6) is 5.75 Å². The monoisotopic (exact) mass is 501 g/mol. The van der Waals surface area contributed by atoms with Crippen molar-refractivity contribution >= 4 is 29.9 Å². The summed E-state index contributed by atoms with van der Waals surface area (Å²) in [6.07, 6.45) is 3.46. The molecule has 1 unspecified atom stereocenters. The van der Waals surface area contributed by atoms with Gasteiger partial charge in [-0.15, -0.1) is 24.0 Å². The number of furan rings is 1. The van der Waals surface area contributed by atoms with E-state index in [4.69, 9.17) is 9.15 Å². The number of nitrogens with zero attached hydrogens (tertiary/aromatic N) is 1. The van der Waals surface area contributed by atoms with E-state index in [1.165, 1.54) is 5.56 Å². The summed E-state index contributed by atoms with van der Waals surface area (Å²) in [5.74, 6) is 2.10. The second kappa shape index (κ2) is 12.7. The standard InChI is InChI=1S/C21H31N3O3.HI/c1-4-22-20(24-16-21(3,25)19-8-7-15-27-19)23-13-5-6-14-26-18-11-9-17(2)10-12-18;/h7-12,15,25H,4-6,13-14,16H2,1-3H3,(H2,22,23,24);1H. The number of unbranched alkanes of at least 4 members (excludes halogenated alkanes) is 1. The summed E-state index contributed by atoms with van der Waals surface area (Å²) in [6.45, 7) is 8.21. The minimum atomic E-state index is -1.13. The molecule has 0 bridgehead atoms. The Balaban J connectivity index is 0.00000392. The lowest BCUT2D eigenvalue weighted by Crippen LogP contribution is -2.39. The molecule has 1 atom stereocenters. The van der Waals surface area contributed by atoms with Crippen molar-refractivity contribution in [3.8, 4) is 5.75 Å². The Kier molecular flexibility index (Phi) is 11.0. The van der Waals surface area contributed by atoms with E-state index in [9.17, 15) is 5.11 Å². The molecule has 0 radical (unpaired) electrons. The number of aryl methyl sites for hydroxylation is 1. The highest BCUT2D eigenvalue weighted by Crippen LogP contribution is 2.21. The van der Waals surface area contributed by atoms with E-state index in [1.807, 2.05) is 31.2 Å². The average Bonchev–Trinajstić information content (AvgIpc) is 3.20. The summed E-state index contributed by atoms with van der Waals surface area (Å²) >= 11 is 0. The van der Waals surface area contributed by atoms with E-state index in [-0.39, 0.29) is 30.5 Å². The van der Waals surface area contributed by atoms with Crippen molar-refractivity contribution in [2.24, 2.45) is 4.99 Å². The van der Waals surface area contributed by atoms with Gasteiger partial charge in [-0.1, -0.05) is 17.7 Å². The number of halogens is 1. The Morgan fingerprint density at radius 1 is 1.18 bits per heavy atom. The Labute approximate surface area is 184 Å². The van der Waals surface area contributed by atoms with Crippen molar-refractivity contribution in [2.75, 3.05) is 26.2 Å². The SMILES string of the molecule is CCNC(=NCC(C)(O)c1ccco1)NCCCCOc1ccc(C)cc1.I. The van der Waals surface area contributed by atoms with Gasteiger partial charge in [0.1, 0.15) is 17.1 Å². The first-order chi connectivity index (χ1) is 13.0. The summed E-state index contributed by atoms with van der Waals surface area (Å²) in [4.78, 5) is 4.47. The van der Waals surface area contributed by atoms with E-state index in [0.717, 1.165) is 31.7 Å². The zero-order valence-corrected chi connectivity index (χ0v) is 19.2. The first-order valence-corrected chi connectivity index (χ1v) is 9.49. The van der Waals surface area contributed by atoms with Crippen molar-refractivity contribution in [2.45, 2.75) is 39.2 Å². The fourth-order valence-electron chi connectivity index (χ4n) is 2.50. The molecule has 3 N–H and O–H groups in total. The molecule has 0 amide bonds. The molecule has 0 fully saturated rings. The maximum Gasteiger partial charge on any atom is 0.191 e. The number of hydrogen-bond acceptors (Lipinski definition) is 4. The summed E-state index contributed by atoms with van der Waals surface area (Å²) in [7, 11) is 0. The molecule has 1 heterocycles. The molecule has 1 aromatic carbocycles. The van der Waals surface area contributed by atoms with Crippen LogP contribution in [0.3, 0.4) is 0 Å². The van der Waals surface area contributed by atoms with Gasteiger partial charge in [-0.3, -0.25) is 0 Å². The predicted octanol–water partition coefficient (Wildman–Crippen LogP) is 3.83. The summed E-state index contributed by atoms with van der Waals surface area (Å²) in [6, 6.07) is 11.6. The smallest absolute Gasteiger partial charge is 0.191 e. The molecule has 7 heteroatoms. The van der Waals surface area contributed by atoms with Gasteiger partial charge in [0, 0.05) is 13.1 Å². The van der Waals surface area contributed by atoms with Crippen molar-refractivity contribution in [1.29, 1.82) is 0 Å². The van der Waals surface area contributed by atoms with Crippen LogP contribution in [-0.2, 0) is 5.60 Å². The Bertz CT molecular complexity index is 685. The average molecular weight is 501 g/mol. The third kappa shape index (κ3) is 8.52. The number of guanidine groups is 1. The molecular formula is C21H32IN3O3. The maximum absolute atomic E-state index is 10.5. The molecule has 0 aliphatic rings. The van der Waals surface area contributed by atoms with Gasteiger partial charge in [0.2, 0.25) is 0 Å². The number of nitrogens with one attached hydrogen (secondary N) is 2. The summed E-state index contributed by atoms with van der Waals surface area (Å²) in [5, 5.41) is 17.0. The molecule has 2 rings (SSSR count). The topological polar surface area (TPSA) is 79.0 Å². The lowest BCUT2D eigenvalue weighted by atomic mass is 10.0. The van der Waals surface area contributed by atoms with E-state index in [0.29, 0.717) is 18.3 Å². The quantitative estimate of drug-likeness (QED) is 0.200. The van der Waals surface area contributed by atoms with Crippen LogP contribution in [0.15, 0.2) is 52.1 Å². The third-order valence-corrected chi connectivity index (χ3v) is 4.09. The fourth-order valence-corrected chi connectivity index (χ4v) is 2.50. The van der Waals surface area contributed by atoms with Crippen LogP contribution < -0.4 is 15.4 Å². The van der Waals surface area contributed by atoms with Crippen LogP contribution in [0.1, 0.15) is 38.0 Å². The lowest BCUT2D eigenvalue weighted by molar-refractivity contribution is 0.0437. The molecule has 0 aliphatic heterocycles. The summed E-state index contributed by atoms with van der Waals surface area (Å²) < 4.78 is 11.0. The number of aliphatic hydroxyl groups is 1. The van der Waals surface area contributed by atoms with Crippen molar-refractivity contribution in [3.05, 3.63) is 54.0 Å².